The van der Waals surface area contributed by atoms with Crippen LogP contribution in [0.3, 0.4) is 0 Å². The Hall–Kier alpha value is -1.75. The molecule has 0 spiro atoms. The van der Waals surface area contributed by atoms with Gasteiger partial charge in [0.1, 0.15) is 0 Å². The highest BCUT2D eigenvalue weighted by Gasteiger charge is 2.26. The maximum atomic E-state index is 11.9. The van der Waals surface area contributed by atoms with Crippen LogP contribution >= 0.6 is 11.5 Å². The van der Waals surface area contributed by atoms with Crippen molar-refractivity contribution in [1.29, 1.82) is 0 Å². The Morgan fingerprint density at radius 1 is 1.29 bits per heavy atom. The molecule has 0 bridgehead atoms. The molecule has 5 heteroatoms. The number of hydrogen-bond donors (Lipinski definition) is 1. The molecule has 86 valence electrons. The number of amides is 1. The van der Waals surface area contributed by atoms with Crippen molar-refractivity contribution in [3.05, 3.63) is 36.0 Å². The van der Waals surface area contributed by atoms with Gasteiger partial charge in [0.15, 0.2) is 5.69 Å². The maximum absolute atomic E-state index is 11.9. The molecule has 1 heterocycles. The predicted octanol–water partition coefficient (Wildman–Crippen LogP) is 2.10. The van der Waals surface area contributed by atoms with Crippen LogP contribution in [0.15, 0.2) is 30.3 Å². The Bertz CT molecular complexity index is 534. The summed E-state index contributed by atoms with van der Waals surface area (Å²) in [6, 6.07) is 10.1. The van der Waals surface area contributed by atoms with E-state index in [0.29, 0.717) is 11.7 Å². The van der Waals surface area contributed by atoms with Crippen molar-refractivity contribution in [3.63, 3.8) is 0 Å². The molecular weight excluding hydrogens is 234 g/mol. The average Bonchev–Trinajstić information content (AvgIpc) is 3.04. The van der Waals surface area contributed by atoms with Gasteiger partial charge in [-0.1, -0.05) is 34.8 Å². The molecule has 1 amide bonds. The summed E-state index contributed by atoms with van der Waals surface area (Å²) in [4.78, 5) is 12.8. The third-order valence-corrected chi connectivity index (χ3v) is 3.43. The first-order valence-corrected chi connectivity index (χ1v) is 6.30. The Morgan fingerprint density at radius 2 is 2.06 bits per heavy atom. The largest absolute Gasteiger partial charge is 0.348 e. The van der Waals surface area contributed by atoms with Gasteiger partial charge in [0.2, 0.25) is 0 Å². The first-order valence-electron chi connectivity index (χ1n) is 5.53. The highest BCUT2D eigenvalue weighted by atomic mass is 32.1. The fraction of sp³-hybridized carbons (Fsp3) is 0.250. The Labute approximate surface area is 103 Å². The SMILES string of the molecule is O=C(NC1CC1)c1nnsc1-c1ccccc1. The zero-order valence-corrected chi connectivity index (χ0v) is 9.91. The maximum Gasteiger partial charge on any atom is 0.273 e. The quantitative estimate of drug-likeness (QED) is 0.901. The second-order valence-electron chi connectivity index (χ2n) is 4.06. The normalized spacial score (nSPS) is 14.6. The summed E-state index contributed by atoms with van der Waals surface area (Å²) < 4.78 is 3.88. The van der Waals surface area contributed by atoms with Crippen molar-refractivity contribution in [2.45, 2.75) is 18.9 Å². The van der Waals surface area contributed by atoms with Crippen LogP contribution in [-0.2, 0) is 0 Å². The molecular formula is C12H11N3OS. The predicted molar refractivity (Wildman–Crippen MR) is 65.8 cm³/mol. The minimum absolute atomic E-state index is 0.111. The molecule has 2 aromatic rings. The van der Waals surface area contributed by atoms with E-state index in [9.17, 15) is 4.79 Å². The molecule has 3 rings (SSSR count). The van der Waals surface area contributed by atoms with E-state index in [-0.39, 0.29) is 5.91 Å². The topological polar surface area (TPSA) is 54.9 Å². The van der Waals surface area contributed by atoms with E-state index in [2.05, 4.69) is 14.9 Å². The van der Waals surface area contributed by atoms with Crippen molar-refractivity contribution in [3.8, 4) is 10.4 Å². The number of carbonyl (C=O) groups excluding carboxylic acids is 1. The van der Waals surface area contributed by atoms with Gasteiger partial charge in [0.05, 0.1) is 4.88 Å². The van der Waals surface area contributed by atoms with Gasteiger partial charge in [-0.3, -0.25) is 4.79 Å². The summed E-state index contributed by atoms with van der Waals surface area (Å²) in [7, 11) is 0. The molecule has 1 fully saturated rings. The standard InChI is InChI=1S/C12H11N3OS/c16-12(13-9-6-7-9)10-11(17-15-14-10)8-4-2-1-3-5-8/h1-5,9H,6-7H2,(H,13,16). The van der Waals surface area contributed by atoms with Gasteiger partial charge in [-0.25, -0.2) is 0 Å². The Kier molecular flexibility index (Phi) is 2.60. The number of aromatic nitrogens is 2. The van der Waals surface area contributed by atoms with Gasteiger partial charge < -0.3 is 5.32 Å². The lowest BCUT2D eigenvalue weighted by Crippen LogP contribution is -2.26. The fourth-order valence-electron chi connectivity index (χ4n) is 1.60. The molecule has 1 saturated carbocycles. The summed E-state index contributed by atoms with van der Waals surface area (Å²) in [6.45, 7) is 0. The van der Waals surface area contributed by atoms with Gasteiger partial charge >= 0.3 is 0 Å². The summed E-state index contributed by atoms with van der Waals surface area (Å²) >= 11 is 1.26. The summed E-state index contributed by atoms with van der Waals surface area (Å²) in [5, 5.41) is 6.86. The van der Waals surface area contributed by atoms with Gasteiger partial charge in [-0.2, -0.15) is 0 Å². The van der Waals surface area contributed by atoms with Crippen LogP contribution in [0.5, 0.6) is 0 Å². The van der Waals surface area contributed by atoms with Crippen molar-refractivity contribution in [1.82, 2.24) is 14.9 Å². The molecule has 17 heavy (non-hydrogen) atoms. The van der Waals surface area contributed by atoms with Crippen molar-refractivity contribution >= 4 is 17.4 Å². The lowest BCUT2D eigenvalue weighted by molar-refractivity contribution is 0.0946. The van der Waals surface area contributed by atoms with Gasteiger partial charge in [-0.05, 0) is 29.9 Å². The highest BCUT2D eigenvalue weighted by Crippen LogP contribution is 2.26. The minimum atomic E-state index is -0.111. The molecule has 1 aliphatic rings. The van der Waals surface area contributed by atoms with E-state index in [1.165, 1.54) is 11.5 Å². The summed E-state index contributed by atoms with van der Waals surface area (Å²) in [5.41, 5.74) is 1.43. The van der Waals surface area contributed by atoms with Gasteiger partial charge in [0, 0.05) is 6.04 Å². The van der Waals surface area contributed by atoms with Crippen molar-refractivity contribution in [2.24, 2.45) is 0 Å². The first-order chi connectivity index (χ1) is 8.34. The number of nitrogens with zero attached hydrogens (tertiary/aromatic N) is 2. The minimum Gasteiger partial charge on any atom is -0.348 e. The van der Waals surface area contributed by atoms with E-state index in [1.54, 1.807) is 0 Å². The number of benzene rings is 1. The third-order valence-electron chi connectivity index (χ3n) is 2.65. The zero-order valence-electron chi connectivity index (χ0n) is 9.09. The zero-order chi connectivity index (χ0) is 11.7. The number of nitrogens with one attached hydrogen (secondary N) is 1. The Morgan fingerprint density at radius 3 is 2.76 bits per heavy atom. The average molecular weight is 245 g/mol. The monoisotopic (exact) mass is 245 g/mol. The molecule has 0 aliphatic heterocycles. The van der Waals surface area contributed by atoms with Crippen LogP contribution in [-0.4, -0.2) is 21.5 Å². The fourth-order valence-corrected chi connectivity index (χ4v) is 2.27. The van der Waals surface area contributed by atoms with Crippen LogP contribution in [0, 0.1) is 0 Å². The molecule has 1 aromatic carbocycles. The van der Waals surface area contributed by atoms with Gasteiger partial charge in [-0.15, -0.1) is 5.10 Å². The van der Waals surface area contributed by atoms with Crippen LogP contribution in [0.4, 0.5) is 0 Å². The van der Waals surface area contributed by atoms with Crippen LogP contribution in [0.2, 0.25) is 0 Å². The summed E-state index contributed by atoms with van der Waals surface area (Å²) in [6.07, 6.45) is 2.15. The molecule has 1 aromatic heterocycles. The van der Waals surface area contributed by atoms with E-state index >= 15 is 0 Å². The van der Waals surface area contributed by atoms with Crippen LogP contribution in [0.1, 0.15) is 23.3 Å². The lowest BCUT2D eigenvalue weighted by Gasteiger charge is -2.02. The molecule has 1 aliphatic carbocycles. The van der Waals surface area contributed by atoms with Crippen LogP contribution < -0.4 is 5.32 Å². The molecule has 0 radical (unpaired) electrons. The summed E-state index contributed by atoms with van der Waals surface area (Å²) in [5.74, 6) is -0.111. The van der Waals surface area contributed by atoms with E-state index in [0.717, 1.165) is 23.3 Å². The second kappa shape index (κ2) is 4.25. The van der Waals surface area contributed by atoms with E-state index in [1.807, 2.05) is 30.3 Å². The van der Waals surface area contributed by atoms with Crippen molar-refractivity contribution < 1.29 is 4.79 Å². The highest BCUT2D eigenvalue weighted by molar-refractivity contribution is 7.09. The van der Waals surface area contributed by atoms with Crippen molar-refractivity contribution in [2.75, 3.05) is 0 Å². The molecule has 0 saturated heterocycles. The van der Waals surface area contributed by atoms with Crippen LogP contribution in [0.25, 0.3) is 10.4 Å². The second-order valence-corrected chi connectivity index (χ2v) is 4.82. The number of carbonyl (C=O) groups is 1. The molecule has 1 N–H and O–H groups in total. The molecule has 4 nitrogen and oxygen atoms in total. The lowest BCUT2D eigenvalue weighted by atomic mass is 10.1. The first kappa shape index (κ1) is 10.4. The van der Waals surface area contributed by atoms with E-state index in [4.69, 9.17) is 0 Å². The smallest absolute Gasteiger partial charge is 0.273 e. The third kappa shape index (κ3) is 2.19. The van der Waals surface area contributed by atoms with Gasteiger partial charge in [0.25, 0.3) is 5.91 Å². The molecule has 0 atom stereocenters. The van der Waals surface area contributed by atoms with E-state index < -0.39 is 0 Å². The number of hydrogen-bond acceptors (Lipinski definition) is 4. The number of rotatable bonds is 3. The molecule has 0 unspecified atom stereocenters. The Balaban J connectivity index is 1.90.